The Morgan fingerprint density at radius 1 is 1.32 bits per heavy atom. The minimum absolute atomic E-state index is 0.0545. The van der Waals surface area contributed by atoms with Crippen LogP contribution >= 0.6 is 11.3 Å². The van der Waals surface area contributed by atoms with E-state index in [1.165, 1.54) is 16.9 Å². The van der Waals surface area contributed by atoms with E-state index >= 15 is 0 Å². The van der Waals surface area contributed by atoms with Crippen LogP contribution in [-0.4, -0.2) is 30.8 Å². The lowest BCUT2D eigenvalue weighted by Crippen LogP contribution is -2.23. The van der Waals surface area contributed by atoms with Crippen molar-refractivity contribution in [2.75, 3.05) is 16.8 Å². The van der Waals surface area contributed by atoms with Crippen LogP contribution in [0.15, 0.2) is 36.5 Å². The van der Waals surface area contributed by atoms with Crippen LogP contribution in [0.1, 0.15) is 16.9 Å². The van der Waals surface area contributed by atoms with Crippen molar-refractivity contribution in [2.45, 2.75) is 12.8 Å². The number of hydrogen-bond acceptors (Lipinski definition) is 5. The monoisotopic (exact) mass is 336 g/mol. The Hall–Kier alpha value is -1.73. The Balaban J connectivity index is 1.61. The third-order valence-corrected chi connectivity index (χ3v) is 6.29. The second kappa shape index (κ2) is 6.18. The molecule has 116 valence electrons. The Bertz CT molecular complexity index is 769. The number of sulfone groups is 1. The number of nitrogens with zero attached hydrogens (tertiary/aromatic N) is 1. The first-order valence-electron chi connectivity index (χ1n) is 7.02. The summed E-state index contributed by atoms with van der Waals surface area (Å²) in [6, 6.07) is 10.0. The molecule has 7 heteroatoms. The van der Waals surface area contributed by atoms with Gasteiger partial charge in [0.25, 0.3) is 0 Å². The third kappa shape index (κ3) is 3.72. The molecule has 2 aromatic rings. The van der Waals surface area contributed by atoms with E-state index in [0.29, 0.717) is 11.6 Å². The number of anilines is 1. The van der Waals surface area contributed by atoms with E-state index in [1.54, 1.807) is 6.20 Å². The lowest BCUT2D eigenvalue weighted by molar-refractivity contribution is -0.119. The van der Waals surface area contributed by atoms with Crippen molar-refractivity contribution < 1.29 is 13.2 Å². The predicted molar refractivity (Wildman–Crippen MR) is 86.8 cm³/mol. The highest BCUT2D eigenvalue weighted by Crippen LogP contribution is 2.24. The molecular weight excluding hydrogens is 320 g/mol. The topological polar surface area (TPSA) is 76.1 Å². The molecule has 1 fully saturated rings. The van der Waals surface area contributed by atoms with Gasteiger partial charge in [-0.15, -0.1) is 11.3 Å². The Kier molecular flexibility index (Phi) is 4.26. The van der Waals surface area contributed by atoms with E-state index in [2.05, 4.69) is 10.3 Å². The Morgan fingerprint density at radius 3 is 2.77 bits per heavy atom. The number of nitrogens with one attached hydrogen (secondary N) is 1. The lowest BCUT2D eigenvalue weighted by Gasteiger charge is -2.06. The summed E-state index contributed by atoms with van der Waals surface area (Å²) < 4.78 is 22.8. The molecule has 1 aliphatic rings. The molecule has 1 N–H and O–H groups in total. The van der Waals surface area contributed by atoms with Crippen molar-refractivity contribution in [2.24, 2.45) is 5.92 Å². The number of carbonyl (C=O) groups excluding carboxylic acids is 1. The smallest absolute Gasteiger partial charge is 0.230 e. The molecule has 1 amide bonds. The normalized spacial score (nSPS) is 19.9. The molecule has 0 radical (unpaired) electrons. The van der Waals surface area contributed by atoms with Crippen LogP contribution in [0.3, 0.4) is 0 Å². The minimum atomic E-state index is -3.05. The van der Waals surface area contributed by atoms with Gasteiger partial charge in [0.05, 0.1) is 17.4 Å². The van der Waals surface area contributed by atoms with Gasteiger partial charge >= 0.3 is 0 Å². The number of amides is 1. The van der Waals surface area contributed by atoms with Gasteiger partial charge in [-0.05, 0) is 12.0 Å². The van der Waals surface area contributed by atoms with E-state index in [1.807, 2.05) is 30.3 Å². The van der Waals surface area contributed by atoms with Crippen LogP contribution < -0.4 is 5.32 Å². The van der Waals surface area contributed by atoms with Gasteiger partial charge in [0.2, 0.25) is 5.91 Å². The highest BCUT2D eigenvalue weighted by atomic mass is 32.2. The van der Waals surface area contributed by atoms with Crippen LogP contribution in [0.2, 0.25) is 0 Å². The first-order valence-corrected chi connectivity index (χ1v) is 9.65. The van der Waals surface area contributed by atoms with E-state index in [-0.39, 0.29) is 17.4 Å². The molecule has 0 saturated carbocycles. The molecule has 0 bridgehead atoms. The van der Waals surface area contributed by atoms with Crippen molar-refractivity contribution in [1.82, 2.24) is 4.98 Å². The summed E-state index contributed by atoms with van der Waals surface area (Å²) in [6.45, 7) is 0. The molecule has 22 heavy (non-hydrogen) atoms. The van der Waals surface area contributed by atoms with Gasteiger partial charge < -0.3 is 5.32 Å². The summed E-state index contributed by atoms with van der Waals surface area (Å²) in [5.74, 6) is -0.656. The van der Waals surface area contributed by atoms with Gasteiger partial charge in [-0.2, -0.15) is 0 Å². The number of thiazole rings is 1. The zero-order chi connectivity index (χ0) is 15.6. The average Bonchev–Trinajstić information content (AvgIpc) is 3.06. The summed E-state index contributed by atoms with van der Waals surface area (Å²) in [7, 11) is -3.05. The van der Waals surface area contributed by atoms with Gasteiger partial charge in [-0.25, -0.2) is 13.4 Å². The maximum atomic E-state index is 12.1. The molecule has 1 atom stereocenters. The summed E-state index contributed by atoms with van der Waals surface area (Å²) in [6.07, 6.45) is 2.92. The Labute approximate surface area is 133 Å². The molecule has 1 saturated heterocycles. The largest absolute Gasteiger partial charge is 0.302 e. The summed E-state index contributed by atoms with van der Waals surface area (Å²) in [5.41, 5.74) is 1.19. The van der Waals surface area contributed by atoms with Gasteiger partial charge in [0, 0.05) is 17.5 Å². The highest BCUT2D eigenvalue weighted by Gasteiger charge is 2.33. The predicted octanol–water partition coefficient (Wildman–Crippen LogP) is 2.11. The summed E-state index contributed by atoms with van der Waals surface area (Å²) >= 11 is 1.42. The van der Waals surface area contributed by atoms with E-state index in [0.717, 1.165) is 11.3 Å². The standard InChI is InChI=1S/C15H16N2O3S2/c18-14(12-6-7-22(19,20)10-12)17-15-16-9-13(21-15)8-11-4-2-1-3-5-11/h1-5,9,12H,6-8,10H2,(H,16,17,18). The molecule has 0 aliphatic carbocycles. The van der Waals surface area contributed by atoms with E-state index in [4.69, 9.17) is 0 Å². The average molecular weight is 336 g/mol. The number of rotatable bonds is 4. The SMILES string of the molecule is O=C(Nc1ncc(Cc2ccccc2)s1)C1CCS(=O)(=O)C1. The van der Waals surface area contributed by atoms with Crippen LogP contribution in [0.4, 0.5) is 5.13 Å². The number of benzene rings is 1. The molecule has 1 aromatic heterocycles. The fourth-order valence-corrected chi connectivity index (χ4v) is 5.04. The molecular formula is C15H16N2O3S2. The van der Waals surface area contributed by atoms with Gasteiger partial charge in [-0.1, -0.05) is 30.3 Å². The first-order chi connectivity index (χ1) is 10.5. The first kappa shape index (κ1) is 15.2. The van der Waals surface area contributed by atoms with Crippen molar-refractivity contribution in [1.29, 1.82) is 0 Å². The van der Waals surface area contributed by atoms with Gasteiger partial charge in [0.15, 0.2) is 15.0 Å². The molecule has 0 spiro atoms. The molecule has 2 heterocycles. The molecule has 1 aliphatic heterocycles. The second-order valence-electron chi connectivity index (χ2n) is 5.38. The number of carbonyl (C=O) groups is 1. The van der Waals surface area contributed by atoms with Crippen molar-refractivity contribution in [3.63, 3.8) is 0 Å². The minimum Gasteiger partial charge on any atom is -0.302 e. The van der Waals surface area contributed by atoms with Crippen LogP contribution in [-0.2, 0) is 21.1 Å². The fourth-order valence-electron chi connectivity index (χ4n) is 2.45. The quantitative estimate of drug-likeness (QED) is 0.928. The van der Waals surface area contributed by atoms with Gasteiger partial charge in [0.1, 0.15) is 0 Å². The highest BCUT2D eigenvalue weighted by molar-refractivity contribution is 7.91. The summed E-state index contributed by atoms with van der Waals surface area (Å²) in [5, 5.41) is 3.26. The lowest BCUT2D eigenvalue weighted by atomic mass is 10.1. The summed E-state index contributed by atoms with van der Waals surface area (Å²) in [4.78, 5) is 17.3. The zero-order valence-electron chi connectivity index (χ0n) is 11.9. The molecule has 3 rings (SSSR count). The fraction of sp³-hybridized carbons (Fsp3) is 0.333. The van der Waals surface area contributed by atoms with Crippen molar-refractivity contribution >= 4 is 32.2 Å². The number of hydrogen-bond donors (Lipinski definition) is 1. The zero-order valence-corrected chi connectivity index (χ0v) is 13.5. The number of aromatic nitrogens is 1. The third-order valence-electron chi connectivity index (χ3n) is 3.61. The molecule has 1 unspecified atom stereocenters. The molecule has 5 nitrogen and oxygen atoms in total. The van der Waals surface area contributed by atoms with Crippen LogP contribution in [0.5, 0.6) is 0 Å². The second-order valence-corrected chi connectivity index (χ2v) is 8.73. The maximum absolute atomic E-state index is 12.1. The van der Waals surface area contributed by atoms with Crippen molar-refractivity contribution in [3.05, 3.63) is 47.0 Å². The van der Waals surface area contributed by atoms with E-state index < -0.39 is 15.8 Å². The van der Waals surface area contributed by atoms with Crippen molar-refractivity contribution in [3.8, 4) is 0 Å². The maximum Gasteiger partial charge on any atom is 0.230 e. The van der Waals surface area contributed by atoms with Gasteiger partial charge in [-0.3, -0.25) is 4.79 Å². The molecule has 1 aromatic carbocycles. The van der Waals surface area contributed by atoms with E-state index in [9.17, 15) is 13.2 Å². The van der Waals surface area contributed by atoms with Crippen LogP contribution in [0, 0.1) is 5.92 Å². The van der Waals surface area contributed by atoms with Crippen LogP contribution in [0.25, 0.3) is 0 Å². The Morgan fingerprint density at radius 2 is 2.09 bits per heavy atom.